The Balaban J connectivity index is 1.21. The summed E-state index contributed by atoms with van der Waals surface area (Å²) < 4.78 is 0. The van der Waals surface area contributed by atoms with Crippen LogP contribution in [0.25, 0.3) is 0 Å². The topological polar surface area (TPSA) is 138 Å². The van der Waals surface area contributed by atoms with Gasteiger partial charge in [0.15, 0.2) is 0 Å². The number of nitrogen functional groups attached to an aromatic ring is 2. The van der Waals surface area contributed by atoms with Gasteiger partial charge in [-0.2, -0.15) is 0 Å². The molecule has 5 N–H and O–H groups in total. The molecule has 2 aliphatic heterocycles. The highest BCUT2D eigenvalue weighted by Crippen LogP contribution is 2.25. The summed E-state index contributed by atoms with van der Waals surface area (Å²) in [5.74, 6) is 1.40. The number of likely N-dealkylation sites (tertiary alicyclic amines) is 2. The van der Waals surface area contributed by atoms with Crippen LogP contribution in [0.15, 0.2) is 30.7 Å². The number of nitrogens with zero attached hydrogens (tertiary/aromatic N) is 5. The second kappa shape index (κ2) is 10.0. The second-order valence-corrected chi connectivity index (χ2v) is 8.89. The Morgan fingerprint density at radius 1 is 0.969 bits per heavy atom. The fourth-order valence-corrected chi connectivity index (χ4v) is 4.72. The average molecular weight is 437 g/mol. The van der Waals surface area contributed by atoms with Crippen LogP contribution in [0.5, 0.6) is 0 Å². The molecule has 2 aliphatic rings. The largest absolute Gasteiger partial charge is 0.384 e. The monoisotopic (exact) mass is 436 g/mol. The van der Waals surface area contributed by atoms with E-state index in [1.54, 1.807) is 18.6 Å². The number of anilines is 2. The first-order chi connectivity index (χ1) is 15.5. The first-order valence-corrected chi connectivity index (χ1v) is 11.3. The van der Waals surface area contributed by atoms with Crippen LogP contribution < -0.4 is 11.5 Å². The number of hydrogen-bond acceptors (Lipinski definition) is 8. The summed E-state index contributed by atoms with van der Waals surface area (Å²) in [6.45, 7) is 4.08. The molecule has 4 heterocycles. The summed E-state index contributed by atoms with van der Waals surface area (Å²) in [5, 5.41) is 8.50. The van der Waals surface area contributed by atoms with Gasteiger partial charge < -0.3 is 21.8 Å². The minimum absolute atomic E-state index is 0.102. The summed E-state index contributed by atoms with van der Waals surface area (Å²) in [6.07, 6.45) is 9.32. The Morgan fingerprint density at radius 2 is 1.62 bits per heavy atom. The molecule has 0 spiro atoms. The van der Waals surface area contributed by atoms with Gasteiger partial charge in [-0.1, -0.05) is 0 Å². The van der Waals surface area contributed by atoms with Crippen LogP contribution in [0.1, 0.15) is 36.8 Å². The zero-order valence-electron chi connectivity index (χ0n) is 18.4. The predicted octanol–water partition coefficient (Wildman–Crippen LogP) is 1.75. The van der Waals surface area contributed by atoms with E-state index < -0.39 is 0 Å². The molecule has 2 aromatic rings. The van der Waals surface area contributed by atoms with Gasteiger partial charge in [0, 0.05) is 67.8 Å². The molecular weight excluding hydrogens is 404 g/mol. The standard InChI is InChI=1S/C23H32N8O/c24-20(11-16-1-6-27-21(25)12-16)18-4-9-31(10-5-18)22(32)19-2-7-30(8-3-19)15-17-13-28-23(26)29-14-17/h1,6,12-14,18-19,24H,2-5,7-11,15H2,(H2,25,27)(H2,26,28,29). The van der Waals surface area contributed by atoms with Gasteiger partial charge in [0.1, 0.15) is 5.82 Å². The van der Waals surface area contributed by atoms with E-state index in [0.717, 1.165) is 75.2 Å². The minimum atomic E-state index is 0.102. The quantitative estimate of drug-likeness (QED) is 0.586. The van der Waals surface area contributed by atoms with Gasteiger partial charge in [0.25, 0.3) is 0 Å². The molecule has 0 aliphatic carbocycles. The van der Waals surface area contributed by atoms with Gasteiger partial charge >= 0.3 is 0 Å². The lowest BCUT2D eigenvalue weighted by Gasteiger charge is -2.37. The Morgan fingerprint density at radius 3 is 2.28 bits per heavy atom. The highest BCUT2D eigenvalue weighted by atomic mass is 16.2. The second-order valence-electron chi connectivity index (χ2n) is 8.89. The lowest BCUT2D eigenvalue weighted by molar-refractivity contribution is -0.138. The molecule has 170 valence electrons. The molecule has 2 fully saturated rings. The van der Waals surface area contributed by atoms with Crippen LogP contribution >= 0.6 is 0 Å². The molecule has 1 amide bonds. The molecule has 9 nitrogen and oxygen atoms in total. The number of pyridine rings is 1. The number of nitrogens with one attached hydrogen (secondary N) is 1. The molecule has 2 saturated heterocycles. The number of hydrogen-bond donors (Lipinski definition) is 3. The van der Waals surface area contributed by atoms with E-state index in [9.17, 15) is 4.79 Å². The fraction of sp³-hybridized carbons (Fsp3) is 0.522. The number of aromatic nitrogens is 3. The maximum atomic E-state index is 13.1. The molecule has 32 heavy (non-hydrogen) atoms. The van der Waals surface area contributed by atoms with Crippen LogP contribution in [-0.2, 0) is 17.8 Å². The average Bonchev–Trinajstić information content (AvgIpc) is 2.81. The number of piperidine rings is 2. The van der Waals surface area contributed by atoms with Gasteiger partial charge in [-0.3, -0.25) is 9.69 Å². The van der Waals surface area contributed by atoms with Crippen molar-refractivity contribution in [3.05, 3.63) is 41.9 Å². The third kappa shape index (κ3) is 5.59. The van der Waals surface area contributed by atoms with E-state index in [0.29, 0.717) is 18.2 Å². The smallest absolute Gasteiger partial charge is 0.225 e. The molecule has 0 atom stereocenters. The minimum Gasteiger partial charge on any atom is -0.384 e. The number of rotatable bonds is 6. The van der Waals surface area contributed by atoms with Crippen molar-refractivity contribution in [2.75, 3.05) is 37.6 Å². The van der Waals surface area contributed by atoms with Crippen LogP contribution in [0.4, 0.5) is 11.8 Å². The molecule has 0 unspecified atom stereocenters. The van der Waals surface area contributed by atoms with Crippen molar-refractivity contribution < 1.29 is 4.79 Å². The summed E-state index contributed by atoms with van der Waals surface area (Å²) in [7, 11) is 0. The molecule has 2 aromatic heterocycles. The van der Waals surface area contributed by atoms with E-state index in [1.165, 1.54) is 0 Å². The van der Waals surface area contributed by atoms with Crippen molar-refractivity contribution in [3.63, 3.8) is 0 Å². The maximum absolute atomic E-state index is 13.1. The van der Waals surface area contributed by atoms with Crippen LogP contribution in [0, 0.1) is 17.2 Å². The van der Waals surface area contributed by atoms with Crippen molar-refractivity contribution in [1.29, 1.82) is 5.41 Å². The summed E-state index contributed by atoms with van der Waals surface area (Å²) in [4.78, 5) is 29.5. The van der Waals surface area contributed by atoms with E-state index in [4.69, 9.17) is 16.9 Å². The van der Waals surface area contributed by atoms with Crippen molar-refractivity contribution in [3.8, 4) is 0 Å². The van der Waals surface area contributed by atoms with E-state index in [1.807, 2.05) is 17.0 Å². The highest BCUT2D eigenvalue weighted by Gasteiger charge is 2.31. The Hall–Kier alpha value is -3.07. The molecule has 0 radical (unpaired) electrons. The Labute approximate surface area is 188 Å². The van der Waals surface area contributed by atoms with Crippen molar-refractivity contribution >= 4 is 23.4 Å². The predicted molar refractivity (Wildman–Crippen MR) is 124 cm³/mol. The van der Waals surface area contributed by atoms with Gasteiger partial charge in [-0.25, -0.2) is 15.0 Å². The van der Waals surface area contributed by atoms with Crippen LogP contribution in [0.3, 0.4) is 0 Å². The van der Waals surface area contributed by atoms with E-state index >= 15 is 0 Å². The van der Waals surface area contributed by atoms with Crippen LogP contribution in [0.2, 0.25) is 0 Å². The Bertz CT molecular complexity index is 931. The SMILES string of the molecule is N=C(Cc1ccnc(N)c1)C1CCN(C(=O)C2CCN(Cc3cnc(N)nc3)CC2)CC1. The maximum Gasteiger partial charge on any atom is 0.225 e. The molecule has 0 saturated carbocycles. The number of carbonyl (C=O) groups is 1. The zero-order valence-corrected chi connectivity index (χ0v) is 18.4. The van der Waals surface area contributed by atoms with E-state index in [2.05, 4.69) is 19.9 Å². The van der Waals surface area contributed by atoms with Gasteiger partial charge in [0.05, 0.1) is 0 Å². The number of carbonyl (C=O) groups excluding carboxylic acids is 1. The van der Waals surface area contributed by atoms with Crippen molar-refractivity contribution in [2.24, 2.45) is 11.8 Å². The normalized spacial score (nSPS) is 18.6. The lowest BCUT2D eigenvalue weighted by Crippen LogP contribution is -2.46. The highest BCUT2D eigenvalue weighted by molar-refractivity contribution is 5.86. The third-order valence-electron chi connectivity index (χ3n) is 6.61. The van der Waals surface area contributed by atoms with Gasteiger partial charge in [0.2, 0.25) is 11.9 Å². The molecule has 9 heteroatoms. The summed E-state index contributed by atoms with van der Waals surface area (Å²) >= 11 is 0. The van der Waals surface area contributed by atoms with Crippen LogP contribution in [-0.4, -0.2) is 62.5 Å². The first kappa shape index (κ1) is 22.1. The van der Waals surface area contributed by atoms with Gasteiger partial charge in [-0.05, 0) is 56.5 Å². The molecule has 4 rings (SSSR count). The van der Waals surface area contributed by atoms with Crippen molar-refractivity contribution in [2.45, 2.75) is 38.6 Å². The van der Waals surface area contributed by atoms with Crippen molar-refractivity contribution in [1.82, 2.24) is 24.8 Å². The fourth-order valence-electron chi connectivity index (χ4n) is 4.72. The summed E-state index contributed by atoms with van der Waals surface area (Å²) in [6, 6.07) is 3.75. The van der Waals surface area contributed by atoms with E-state index in [-0.39, 0.29) is 17.7 Å². The first-order valence-electron chi connectivity index (χ1n) is 11.3. The Kier molecular flexibility index (Phi) is 6.94. The third-order valence-corrected chi connectivity index (χ3v) is 6.61. The molecule has 0 aromatic carbocycles. The van der Waals surface area contributed by atoms with Gasteiger partial charge in [-0.15, -0.1) is 0 Å². The summed E-state index contributed by atoms with van der Waals surface area (Å²) in [5.41, 5.74) is 14.1. The number of nitrogens with two attached hydrogens (primary N) is 2. The molecular formula is C23H32N8O. The lowest BCUT2D eigenvalue weighted by atomic mass is 9.87. The molecule has 0 bridgehead atoms. The zero-order chi connectivity index (χ0) is 22.5. The number of amides is 1.